The summed E-state index contributed by atoms with van der Waals surface area (Å²) in [5.74, 6) is 1.02. The first-order valence-electron chi connectivity index (χ1n) is 8.73. The summed E-state index contributed by atoms with van der Waals surface area (Å²) >= 11 is 0. The van der Waals surface area contributed by atoms with Crippen molar-refractivity contribution in [1.82, 2.24) is 0 Å². The maximum atomic E-state index is 12.2. The topological polar surface area (TPSA) is 94.1 Å². The molecule has 0 atom stereocenters. The number of fused-ring (bicyclic) bond motifs is 1. The zero-order chi connectivity index (χ0) is 19.1. The van der Waals surface area contributed by atoms with E-state index in [9.17, 15) is 9.59 Å². The van der Waals surface area contributed by atoms with Crippen molar-refractivity contribution < 1.29 is 28.9 Å². The molecule has 0 radical (unpaired) electrons. The molecule has 0 unspecified atom stereocenters. The molecule has 3 rings (SSSR count). The zero-order valence-corrected chi connectivity index (χ0v) is 14.8. The molecule has 0 fully saturated rings. The van der Waals surface area contributed by atoms with Gasteiger partial charge in [0.15, 0.2) is 11.5 Å². The first-order valence-corrected chi connectivity index (χ1v) is 8.73. The first-order chi connectivity index (χ1) is 13.1. The van der Waals surface area contributed by atoms with Gasteiger partial charge in [-0.1, -0.05) is 6.07 Å². The van der Waals surface area contributed by atoms with Crippen molar-refractivity contribution in [1.29, 1.82) is 0 Å². The molecule has 0 spiro atoms. The van der Waals surface area contributed by atoms with E-state index in [1.54, 1.807) is 24.3 Å². The summed E-state index contributed by atoms with van der Waals surface area (Å²) in [7, 11) is 0. The number of benzene rings is 2. The molecular weight excluding hydrogens is 350 g/mol. The second-order valence-corrected chi connectivity index (χ2v) is 6.07. The van der Waals surface area contributed by atoms with Crippen molar-refractivity contribution in [3.05, 3.63) is 48.0 Å². The number of amides is 1. The molecule has 27 heavy (non-hydrogen) atoms. The third kappa shape index (κ3) is 5.64. The highest BCUT2D eigenvalue weighted by Crippen LogP contribution is 2.31. The molecule has 2 aromatic rings. The molecule has 1 heterocycles. The Morgan fingerprint density at radius 1 is 1.04 bits per heavy atom. The molecule has 1 amide bonds. The molecule has 142 valence electrons. The smallest absolute Gasteiger partial charge is 0.303 e. The molecule has 0 aliphatic carbocycles. The average Bonchev–Trinajstić information content (AvgIpc) is 2.66. The van der Waals surface area contributed by atoms with Gasteiger partial charge in [-0.25, -0.2) is 0 Å². The SMILES string of the molecule is O=C(O)CCCOc1ccc(NC(=O)Cc2ccc3c(c2)OCCO3)cc1. The summed E-state index contributed by atoms with van der Waals surface area (Å²) in [5.41, 5.74) is 1.51. The van der Waals surface area contributed by atoms with E-state index in [1.165, 1.54) is 0 Å². The van der Waals surface area contributed by atoms with Gasteiger partial charge in [0.2, 0.25) is 5.91 Å². The van der Waals surface area contributed by atoms with E-state index in [0.29, 0.717) is 49.2 Å². The highest BCUT2D eigenvalue weighted by molar-refractivity contribution is 5.92. The van der Waals surface area contributed by atoms with Gasteiger partial charge in [-0.3, -0.25) is 9.59 Å². The Labute approximate surface area is 156 Å². The van der Waals surface area contributed by atoms with Gasteiger partial charge in [-0.15, -0.1) is 0 Å². The van der Waals surface area contributed by atoms with Gasteiger partial charge < -0.3 is 24.6 Å². The van der Waals surface area contributed by atoms with Crippen LogP contribution in [0, 0.1) is 0 Å². The number of hydrogen-bond donors (Lipinski definition) is 2. The third-order valence-electron chi connectivity index (χ3n) is 3.91. The predicted molar refractivity (Wildman–Crippen MR) is 98.6 cm³/mol. The molecule has 7 nitrogen and oxygen atoms in total. The Morgan fingerprint density at radius 3 is 2.52 bits per heavy atom. The summed E-state index contributed by atoms with van der Waals surface area (Å²) in [6, 6.07) is 12.4. The molecule has 0 bridgehead atoms. The lowest BCUT2D eigenvalue weighted by Gasteiger charge is -2.18. The van der Waals surface area contributed by atoms with Crippen LogP contribution >= 0.6 is 0 Å². The lowest BCUT2D eigenvalue weighted by atomic mass is 10.1. The maximum Gasteiger partial charge on any atom is 0.303 e. The van der Waals surface area contributed by atoms with Gasteiger partial charge in [0.25, 0.3) is 0 Å². The average molecular weight is 371 g/mol. The zero-order valence-electron chi connectivity index (χ0n) is 14.8. The summed E-state index contributed by atoms with van der Waals surface area (Å²) in [4.78, 5) is 22.7. The number of hydrogen-bond acceptors (Lipinski definition) is 5. The lowest BCUT2D eigenvalue weighted by Crippen LogP contribution is -2.17. The minimum atomic E-state index is -0.838. The number of nitrogens with one attached hydrogen (secondary N) is 1. The fraction of sp³-hybridized carbons (Fsp3) is 0.300. The molecule has 2 aromatic carbocycles. The summed E-state index contributed by atoms with van der Waals surface area (Å²) in [6.45, 7) is 1.38. The summed E-state index contributed by atoms with van der Waals surface area (Å²) in [6.07, 6.45) is 0.751. The number of carboxylic acid groups (broad SMARTS) is 1. The van der Waals surface area contributed by atoms with Crippen LogP contribution in [-0.4, -0.2) is 36.8 Å². The quantitative estimate of drug-likeness (QED) is 0.693. The summed E-state index contributed by atoms with van der Waals surface area (Å²) < 4.78 is 16.5. The predicted octanol–water partition coefficient (Wildman–Crippen LogP) is 2.88. The molecule has 2 N–H and O–H groups in total. The molecule has 0 saturated carbocycles. The Morgan fingerprint density at radius 2 is 1.78 bits per heavy atom. The number of carboxylic acids is 1. The normalized spacial score (nSPS) is 12.3. The highest BCUT2D eigenvalue weighted by atomic mass is 16.6. The van der Waals surface area contributed by atoms with Gasteiger partial charge in [-0.05, 0) is 48.4 Å². The number of anilines is 1. The van der Waals surface area contributed by atoms with E-state index in [4.69, 9.17) is 19.3 Å². The number of aliphatic carboxylic acids is 1. The van der Waals surface area contributed by atoms with Crippen LogP contribution < -0.4 is 19.5 Å². The maximum absolute atomic E-state index is 12.2. The van der Waals surface area contributed by atoms with Gasteiger partial charge >= 0.3 is 5.97 Å². The van der Waals surface area contributed by atoms with Crippen molar-refractivity contribution in [2.24, 2.45) is 0 Å². The fourth-order valence-electron chi connectivity index (χ4n) is 2.64. The van der Waals surface area contributed by atoms with Crippen LogP contribution in [0.1, 0.15) is 18.4 Å². The molecule has 1 aliphatic rings. The van der Waals surface area contributed by atoms with Gasteiger partial charge in [0.05, 0.1) is 13.0 Å². The Hall–Kier alpha value is -3.22. The van der Waals surface area contributed by atoms with Crippen LogP contribution in [0.4, 0.5) is 5.69 Å². The first kappa shape index (κ1) is 18.6. The van der Waals surface area contributed by atoms with Crippen LogP contribution in [0.2, 0.25) is 0 Å². The fourth-order valence-corrected chi connectivity index (χ4v) is 2.64. The molecule has 0 saturated heterocycles. The summed E-state index contributed by atoms with van der Waals surface area (Å²) in [5, 5.41) is 11.4. The van der Waals surface area contributed by atoms with E-state index in [1.807, 2.05) is 18.2 Å². The van der Waals surface area contributed by atoms with Crippen molar-refractivity contribution in [3.8, 4) is 17.2 Å². The minimum Gasteiger partial charge on any atom is -0.494 e. The number of rotatable bonds is 8. The standard InChI is InChI=1S/C20H21NO6/c22-19(13-14-3-8-17-18(12-14)27-11-10-26-17)21-15-4-6-16(7-5-15)25-9-1-2-20(23)24/h3-8,12H,1-2,9-11,13H2,(H,21,22)(H,23,24). The molecular formula is C20H21NO6. The van der Waals surface area contributed by atoms with E-state index >= 15 is 0 Å². The van der Waals surface area contributed by atoms with Crippen LogP contribution in [0.15, 0.2) is 42.5 Å². The van der Waals surface area contributed by atoms with Crippen LogP contribution in [0.3, 0.4) is 0 Å². The van der Waals surface area contributed by atoms with E-state index < -0.39 is 5.97 Å². The van der Waals surface area contributed by atoms with Crippen LogP contribution in [0.5, 0.6) is 17.2 Å². The lowest BCUT2D eigenvalue weighted by molar-refractivity contribution is -0.137. The highest BCUT2D eigenvalue weighted by Gasteiger charge is 2.13. The van der Waals surface area contributed by atoms with Crippen molar-refractivity contribution >= 4 is 17.6 Å². The number of ether oxygens (including phenoxy) is 3. The van der Waals surface area contributed by atoms with Crippen molar-refractivity contribution in [2.75, 3.05) is 25.1 Å². The van der Waals surface area contributed by atoms with Crippen molar-refractivity contribution in [3.63, 3.8) is 0 Å². The van der Waals surface area contributed by atoms with Crippen LogP contribution in [-0.2, 0) is 16.0 Å². The molecule has 0 aromatic heterocycles. The Kier molecular flexibility index (Phi) is 6.14. The largest absolute Gasteiger partial charge is 0.494 e. The van der Waals surface area contributed by atoms with E-state index in [2.05, 4.69) is 5.32 Å². The Balaban J connectivity index is 1.48. The second kappa shape index (κ2) is 8.93. The van der Waals surface area contributed by atoms with Crippen LogP contribution in [0.25, 0.3) is 0 Å². The Bertz CT molecular complexity index is 803. The van der Waals surface area contributed by atoms with E-state index in [0.717, 1.165) is 5.56 Å². The van der Waals surface area contributed by atoms with Crippen molar-refractivity contribution in [2.45, 2.75) is 19.3 Å². The van der Waals surface area contributed by atoms with Gasteiger partial charge in [0, 0.05) is 12.1 Å². The molecule has 1 aliphatic heterocycles. The molecule has 7 heteroatoms. The minimum absolute atomic E-state index is 0.0774. The second-order valence-electron chi connectivity index (χ2n) is 6.07. The number of carbonyl (C=O) groups excluding carboxylic acids is 1. The van der Waals surface area contributed by atoms with E-state index in [-0.39, 0.29) is 18.7 Å². The monoisotopic (exact) mass is 371 g/mol. The van der Waals surface area contributed by atoms with Gasteiger partial charge in [0.1, 0.15) is 19.0 Å². The van der Waals surface area contributed by atoms with Gasteiger partial charge in [-0.2, -0.15) is 0 Å². The third-order valence-corrected chi connectivity index (χ3v) is 3.91. The number of carbonyl (C=O) groups is 2.